The van der Waals surface area contributed by atoms with Gasteiger partial charge in [-0.25, -0.2) is 0 Å². The maximum atomic E-state index is 2.44. The van der Waals surface area contributed by atoms with Crippen molar-refractivity contribution in [1.29, 1.82) is 0 Å². The first kappa shape index (κ1) is 35.8. The van der Waals surface area contributed by atoms with Gasteiger partial charge in [0.25, 0.3) is 0 Å². The van der Waals surface area contributed by atoms with Crippen LogP contribution >= 0.6 is 0 Å². The Morgan fingerprint density at radius 2 is 0.371 bits per heavy atom. The third kappa shape index (κ3) is 6.16. The molecule has 0 aliphatic heterocycles. The summed E-state index contributed by atoms with van der Waals surface area (Å²) in [5.74, 6) is 0. The molecule has 12 aromatic carbocycles. The number of fused-ring (bicyclic) bond motifs is 11. The molecule has 0 heteroatoms. The van der Waals surface area contributed by atoms with E-state index in [-0.39, 0.29) is 0 Å². The third-order valence-electron chi connectivity index (χ3n) is 12.8. The van der Waals surface area contributed by atoms with Crippen LogP contribution in [0.5, 0.6) is 0 Å². The zero-order valence-corrected chi connectivity index (χ0v) is 34.1. The van der Waals surface area contributed by atoms with Crippen molar-refractivity contribution in [2.75, 3.05) is 0 Å². The van der Waals surface area contributed by atoms with E-state index in [1.807, 2.05) is 0 Å². The van der Waals surface area contributed by atoms with Crippen LogP contribution in [0.2, 0.25) is 0 Å². The number of benzene rings is 12. The van der Waals surface area contributed by atoms with Crippen LogP contribution in [0.3, 0.4) is 0 Å². The molecule has 0 aromatic heterocycles. The maximum absolute atomic E-state index is 2.44. The summed E-state index contributed by atoms with van der Waals surface area (Å²) in [5, 5.41) is 12.8. The largest absolute Gasteiger partial charge is 0.0622 e. The molecule has 12 aromatic rings. The summed E-state index contributed by atoms with van der Waals surface area (Å²) in [6, 6.07) is 89.2. The van der Waals surface area contributed by atoms with E-state index in [2.05, 4.69) is 243 Å². The standard InChI is InChI=1S/C62H40/c1-3-13-41(14-4-1)43-25-29-45(30-26-43)47-17-11-19-49(37-47)51-33-35-55-56-36-34-52(50-20-12-18-48(38-50)46-31-27-44(28-32-46)42-15-5-2-6-16-42)40-60(56)62-58-24-10-8-22-54(58)53-21-7-9-23-57(53)61(62)59(55)39-51/h1-40H. The first-order valence-electron chi connectivity index (χ1n) is 21.5. The zero-order chi connectivity index (χ0) is 41.0. The molecule has 62 heavy (non-hydrogen) atoms. The van der Waals surface area contributed by atoms with Gasteiger partial charge in [0.05, 0.1) is 0 Å². The van der Waals surface area contributed by atoms with Gasteiger partial charge in [-0.2, -0.15) is 0 Å². The number of hydrogen-bond donors (Lipinski definition) is 0. The van der Waals surface area contributed by atoms with E-state index < -0.39 is 0 Å². The molecular formula is C62H40. The lowest BCUT2D eigenvalue weighted by molar-refractivity contribution is 1.58. The van der Waals surface area contributed by atoms with E-state index in [1.165, 1.54) is 121 Å². The van der Waals surface area contributed by atoms with Gasteiger partial charge in [0, 0.05) is 0 Å². The van der Waals surface area contributed by atoms with Crippen molar-refractivity contribution < 1.29 is 0 Å². The first-order valence-corrected chi connectivity index (χ1v) is 21.5. The van der Waals surface area contributed by atoms with Crippen molar-refractivity contribution in [2.45, 2.75) is 0 Å². The van der Waals surface area contributed by atoms with Gasteiger partial charge in [-0.05, 0) is 145 Å². The Labute approximate surface area is 361 Å². The van der Waals surface area contributed by atoms with Gasteiger partial charge in [-0.1, -0.05) is 218 Å². The Morgan fingerprint density at radius 3 is 0.758 bits per heavy atom. The quantitative estimate of drug-likeness (QED) is 0.147. The third-order valence-corrected chi connectivity index (χ3v) is 12.8. The van der Waals surface area contributed by atoms with Gasteiger partial charge in [0.2, 0.25) is 0 Å². The lowest BCUT2D eigenvalue weighted by Crippen LogP contribution is -1.90. The Hall–Kier alpha value is -8.06. The van der Waals surface area contributed by atoms with Gasteiger partial charge >= 0.3 is 0 Å². The van der Waals surface area contributed by atoms with Crippen LogP contribution in [0.25, 0.3) is 121 Å². The van der Waals surface area contributed by atoms with E-state index in [0.29, 0.717) is 0 Å². The van der Waals surface area contributed by atoms with Crippen LogP contribution in [0.1, 0.15) is 0 Å². The fraction of sp³-hybridized carbons (Fsp3) is 0. The Bertz CT molecular complexity index is 3390. The molecule has 0 radical (unpaired) electrons. The lowest BCUT2D eigenvalue weighted by atomic mass is 9.85. The first-order chi connectivity index (χ1) is 30.7. The smallest absolute Gasteiger partial charge is 0.00137 e. The van der Waals surface area contributed by atoms with E-state index in [0.717, 1.165) is 0 Å². The molecule has 0 unspecified atom stereocenters. The van der Waals surface area contributed by atoms with Crippen molar-refractivity contribution in [3.05, 3.63) is 243 Å². The summed E-state index contributed by atoms with van der Waals surface area (Å²) in [6.45, 7) is 0. The van der Waals surface area contributed by atoms with Gasteiger partial charge < -0.3 is 0 Å². The molecule has 0 heterocycles. The van der Waals surface area contributed by atoms with Crippen molar-refractivity contribution in [3.8, 4) is 66.8 Å². The second-order valence-electron chi connectivity index (χ2n) is 16.4. The molecule has 0 saturated heterocycles. The predicted molar refractivity (Wildman–Crippen MR) is 267 cm³/mol. The predicted octanol–water partition coefficient (Wildman–Crippen LogP) is 17.5. The second kappa shape index (κ2) is 14.9. The molecule has 0 N–H and O–H groups in total. The summed E-state index contributed by atoms with van der Waals surface area (Å²) >= 11 is 0. The molecule has 0 saturated carbocycles. The summed E-state index contributed by atoms with van der Waals surface area (Å²) in [7, 11) is 0. The van der Waals surface area contributed by atoms with Crippen LogP contribution in [-0.4, -0.2) is 0 Å². The molecule has 0 amide bonds. The normalized spacial score (nSPS) is 11.5. The van der Waals surface area contributed by atoms with Crippen molar-refractivity contribution >= 4 is 53.9 Å². The van der Waals surface area contributed by atoms with E-state index in [1.54, 1.807) is 0 Å². The average Bonchev–Trinajstić information content (AvgIpc) is 3.36. The molecule has 0 spiro atoms. The molecule has 0 aliphatic rings. The number of rotatable bonds is 6. The fourth-order valence-corrected chi connectivity index (χ4v) is 9.76. The summed E-state index contributed by atoms with van der Waals surface area (Å²) in [4.78, 5) is 0. The maximum Gasteiger partial charge on any atom is -0.00137 e. The summed E-state index contributed by atoms with van der Waals surface area (Å²) in [5.41, 5.74) is 14.6. The van der Waals surface area contributed by atoms with Gasteiger partial charge in [-0.15, -0.1) is 0 Å². The molecule has 0 nitrogen and oxygen atoms in total. The highest BCUT2D eigenvalue weighted by Crippen LogP contribution is 2.46. The van der Waals surface area contributed by atoms with Gasteiger partial charge in [0.15, 0.2) is 0 Å². The lowest BCUT2D eigenvalue weighted by Gasteiger charge is -2.18. The van der Waals surface area contributed by atoms with Crippen molar-refractivity contribution in [3.63, 3.8) is 0 Å². The highest BCUT2D eigenvalue weighted by molar-refractivity contribution is 6.39. The van der Waals surface area contributed by atoms with Gasteiger partial charge in [0.1, 0.15) is 0 Å². The van der Waals surface area contributed by atoms with E-state index >= 15 is 0 Å². The topological polar surface area (TPSA) is 0 Å². The molecule has 0 aliphatic carbocycles. The Balaban J connectivity index is 1.02. The molecule has 12 rings (SSSR count). The molecule has 288 valence electrons. The molecular weight excluding hydrogens is 745 g/mol. The van der Waals surface area contributed by atoms with Crippen molar-refractivity contribution in [2.24, 2.45) is 0 Å². The highest BCUT2D eigenvalue weighted by Gasteiger charge is 2.18. The van der Waals surface area contributed by atoms with Gasteiger partial charge in [-0.3, -0.25) is 0 Å². The average molecular weight is 785 g/mol. The zero-order valence-electron chi connectivity index (χ0n) is 34.1. The van der Waals surface area contributed by atoms with E-state index in [4.69, 9.17) is 0 Å². The SMILES string of the molecule is c1ccc(-c2ccc(-c3cccc(-c4ccc5c6ccc(-c7cccc(-c8ccc(-c9ccccc9)cc8)c7)cc6c6c7ccccc7c7ccccc7c6c5c4)c3)cc2)cc1. The second-order valence-corrected chi connectivity index (χ2v) is 16.4. The fourth-order valence-electron chi connectivity index (χ4n) is 9.76. The summed E-state index contributed by atoms with van der Waals surface area (Å²) in [6.07, 6.45) is 0. The minimum absolute atomic E-state index is 1.21. The van der Waals surface area contributed by atoms with Crippen molar-refractivity contribution in [1.82, 2.24) is 0 Å². The van der Waals surface area contributed by atoms with Crippen LogP contribution in [0, 0.1) is 0 Å². The highest BCUT2D eigenvalue weighted by atomic mass is 14.2. The molecule has 0 fully saturated rings. The van der Waals surface area contributed by atoms with E-state index in [9.17, 15) is 0 Å². The van der Waals surface area contributed by atoms with Crippen LogP contribution < -0.4 is 0 Å². The Morgan fingerprint density at radius 1 is 0.129 bits per heavy atom. The van der Waals surface area contributed by atoms with Crippen LogP contribution in [0.4, 0.5) is 0 Å². The Kier molecular flexibility index (Phi) is 8.61. The minimum atomic E-state index is 1.21. The van der Waals surface area contributed by atoms with Crippen LogP contribution in [-0.2, 0) is 0 Å². The molecule has 0 bridgehead atoms. The number of hydrogen-bond acceptors (Lipinski definition) is 0. The molecule has 0 atom stereocenters. The van der Waals surface area contributed by atoms with Crippen LogP contribution in [0.15, 0.2) is 243 Å². The minimum Gasteiger partial charge on any atom is -0.0622 e. The summed E-state index contributed by atoms with van der Waals surface area (Å²) < 4.78 is 0. The monoisotopic (exact) mass is 784 g/mol.